The van der Waals surface area contributed by atoms with E-state index in [1.807, 2.05) is 53.4 Å². The van der Waals surface area contributed by atoms with E-state index in [1.54, 1.807) is 6.07 Å². The van der Waals surface area contributed by atoms with Crippen LogP contribution in [-0.2, 0) is 16.0 Å². The molecule has 0 saturated carbocycles. The molecule has 2 amide bonds. The van der Waals surface area contributed by atoms with Crippen LogP contribution in [0, 0.1) is 5.92 Å². The minimum Gasteiger partial charge on any atom is -0.451 e. The highest BCUT2D eigenvalue weighted by Gasteiger charge is 2.23. The Morgan fingerprint density at radius 3 is 2.43 bits per heavy atom. The summed E-state index contributed by atoms with van der Waals surface area (Å²) in [6, 6.07) is 16.8. The molecule has 35 heavy (non-hydrogen) atoms. The smallest absolute Gasteiger partial charge is 0.291 e. The molecule has 1 N–H and O–H groups in total. The molecule has 2 saturated heterocycles. The van der Waals surface area contributed by atoms with Gasteiger partial charge in [0.25, 0.3) is 5.91 Å². The second-order valence-corrected chi connectivity index (χ2v) is 9.54. The van der Waals surface area contributed by atoms with Crippen LogP contribution >= 0.6 is 0 Å². The molecule has 5 rings (SSSR count). The lowest BCUT2D eigenvalue weighted by molar-refractivity contribution is -0.131. The van der Waals surface area contributed by atoms with Crippen LogP contribution < -0.4 is 5.32 Å². The number of ether oxygens (including phenoxy) is 1. The summed E-state index contributed by atoms with van der Waals surface area (Å²) in [5.41, 5.74) is 2.31. The number of nitrogens with zero attached hydrogens (tertiary/aromatic N) is 2. The fourth-order valence-corrected chi connectivity index (χ4v) is 4.94. The Kier molecular flexibility index (Phi) is 7.45. The average molecular weight is 476 g/mol. The Morgan fingerprint density at radius 2 is 1.69 bits per heavy atom. The minimum absolute atomic E-state index is 0.177. The highest BCUT2D eigenvalue weighted by Crippen LogP contribution is 2.23. The van der Waals surface area contributed by atoms with Gasteiger partial charge in [0.1, 0.15) is 5.58 Å². The molecule has 0 spiro atoms. The van der Waals surface area contributed by atoms with Crippen molar-refractivity contribution < 1.29 is 18.7 Å². The minimum atomic E-state index is -0.290. The fraction of sp³-hybridized carbons (Fsp3) is 0.429. The summed E-state index contributed by atoms with van der Waals surface area (Å²) in [6.45, 7) is 6.61. The van der Waals surface area contributed by atoms with Crippen molar-refractivity contribution >= 4 is 28.5 Å². The van der Waals surface area contributed by atoms with Crippen molar-refractivity contribution in [2.24, 2.45) is 5.92 Å². The molecular formula is C28H33N3O4. The van der Waals surface area contributed by atoms with E-state index in [0.717, 1.165) is 69.7 Å². The van der Waals surface area contributed by atoms with Gasteiger partial charge < -0.3 is 19.4 Å². The normalized spacial score (nSPS) is 17.5. The molecule has 1 aromatic heterocycles. The molecule has 0 radical (unpaired) electrons. The van der Waals surface area contributed by atoms with E-state index in [4.69, 9.17) is 9.15 Å². The first-order valence-electron chi connectivity index (χ1n) is 12.6. The standard InChI is InChI=1S/C28H33N3O4/c32-27(31-13-10-21(11-14-31)9-12-30-15-17-34-18-16-30)19-22-5-7-24(8-6-22)29-28(33)26-20-23-3-1-2-4-25(23)35-26/h1-8,20-21H,9-19H2,(H,29,33). The van der Waals surface area contributed by atoms with Crippen molar-refractivity contribution in [3.8, 4) is 0 Å². The van der Waals surface area contributed by atoms with Crippen molar-refractivity contribution in [1.29, 1.82) is 0 Å². The number of piperidine rings is 1. The lowest BCUT2D eigenvalue weighted by Crippen LogP contribution is -2.41. The van der Waals surface area contributed by atoms with E-state index >= 15 is 0 Å². The number of morpholine rings is 1. The molecule has 2 fully saturated rings. The van der Waals surface area contributed by atoms with Crippen LogP contribution in [-0.4, -0.2) is 67.6 Å². The van der Waals surface area contributed by atoms with E-state index in [0.29, 0.717) is 23.6 Å². The summed E-state index contributed by atoms with van der Waals surface area (Å²) in [5, 5.41) is 3.76. The predicted octanol–water partition coefficient (Wildman–Crippen LogP) is 4.19. The number of furan rings is 1. The molecule has 2 aromatic carbocycles. The number of amides is 2. The molecule has 0 unspecified atom stereocenters. The van der Waals surface area contributed by atoms with E-state index in [1.165, 1.54) is 6.42 Å². The van der Waals surface area contributed by atoms with E-state index in [9.17, 15) is 9.59 Å². The summed E-state index contributed by atoms with van der Waals surface area (Å²) in [5.74, 6) is 0.868. The van der Waals surface area contributed by atoms with Gasteiger partial charge in [0.15, 0.2) is 5.76 Å². The number of fused-ring (bicyclic) bond motifs is 1. The molecule has 7 nitrogen and oxygen atoms in total. The largest absolute Gasteiger partial charge is 0.451 e. The number of nitrogens with one attached hydrogen (secondary N) is 1. The van der Waals surface area contributed by atoms with Crippen molar-refractivity contribution in [3.05, 3.63) is 65.9 Å². The Labute approximate surface area is 206 Å². The zero-order valence-corrected chi connectivity index (χ0v) is 20.1. The lowest BCUT2D eigenvalue weighted by Gasteiger charge is -2.34. The molecule has 0 atom stereocenters. The van der Waals surface area contributed by atoms with Gasteiger partial charge in [0, 0.05) is 37.3 Å². The molecule has 184 valence electrons. The Bertz CT molecular complexity index is 1110. The fourth-order valence-electron chi connectivity index (χ4n) is 4.94. The van der Waals surface area contributed by atoms with Crippen molar-refractivity contribution in [3.63, 3.8) is 0 Å². The van der Waals surface area contributed by atoms with E-state index < -0.39 is 0 Å². The van der Waals surface area contributed by atoms with Gasteiger partial charge in [-0.2, -0.15) is 0 Å². The molecule has 7 heteroatoms. The first-order valence-corrected chi connectivity index (χ1v) is 12.6. The zero-order valence-electron chi connectivity index (χ0n) is 20.1. The van der Waals surface area contributed by atoms with Crippen LogP contribution in [0.4, 0.5) is 5.69 Å². The van der Waals surface area contributed by atoms with Crippen LogP contribution in [0.1, 0.15) is 35.4 Å². The van der Waals surface area contributed by atoms with Gasteiger partial charge in [-0.1, -0.05) is 30.3 Å². The molecule has 0 bridgehead atoms. The van der Waals surface area contributed by atoms with Crippen molar-refractivity contribution in [2.75, 3.05) is 51.3 Å². The quantitative estimate of drug-likeness (QED) is 0.555. The number of rotatable bonds is 7. The van der Waals surface area contributed by atoms with Crippen LogP contribution in [0.3, 0.4) is 0 Å². The van der Waals surface area contributed by atoms with E-state index in [-0.39, 0.29) is 17.6 Å². The molecule has 2 aliphatic heterocycles. The van der Waals surface area contributed by atoms with Gasteiger partial charge >= 0.3 is 0 Å². The number of hydrogen-bond acceptors (Lipinski definition) is 5. The third-order valence-electron chi connectivity index (χ3n) is 7.14. The monoisotopic (exact) mass is 475 g/mol. The summed E-state index contributed by atoms with van der Waals surface area (Å²) >= 11 is 0. The van der Waals surface area contributed by atoms with Gasteiger partial charge in [-0.05, 0) is 61.6 Å². The topological polar surface area (TPSA) is 75.0 Å². The predicted molar refractivity (Wildman–Crippen MR) is 135 cm³/mol. The molecule has 3 aromatic rings. The van der Waals surface area contributed by atoms with Crippen molar-refractivity contribution in [2.45, 2.75) is 25.7 Å². The second kappa shape index (κ2) is 11.1. The highest BCUT2D eigenvalue weighted by molar-refractivity contribution is 6.04. The first-order chi connectivity index (χ1) is 17.1. The number of likely N-dealkylation sites (tertiary alicyclic amines) is 1. The molecule has 2 aliphatic rings. The average Bonchev–Trinajstić information content (AvgIpc) is 3.34. The number of para-hydroxylation sites is 1. The highest BCUT2D eigenvalue weighted by atomic mass is 16.5. The van der Waals surface area contributed by atoms with Crippen LogP contribution in [0.2, 0.25) is 0 Å². The summed E-state index contributed by atoms with van der Waals surface area (Å²) in [7, 11) is 0. The first kappa shape index (κ1) is 23.6. The number of carbonyl (C=O) groups excluding carboxylic acids is 2. The van der Waals surface area contributed by atoms with Gasteiger partial charge in [-0.3, -0.25) is 14.5 Å². The van der Waals surface area contributed by atoms with Crippen LogP contribution in [0.5, 0.6) is 0 Å². The van der Waals surface area contributed by atoms with Gasteiger partial charge in [-0.15, -0.1) is 0 Å². The molecule has 3 heterocycles. The Hall–Kier alpha value is -3.16. The molecule has 0 aliphatic carbocycles. The zero-order chi connectivity index (χ0) is 24.0. The number of carbonyl (C=O) groups is 2. The van der Waals surface area contributed by atoms with E-state index in [2.05, 4.69) is 10.2 Å². The Morgan fingerprint density at radius 1 is 0.943 bits per heavy atom. The summed E-state index contributed by atoms with van der Waals surface area (Å²) < 4.78 is 11.1. The van der Waals surface area contributed by atoms with Crippen LogP contribution in [0.25, 0.3) is 11.0 Å². The number of anilines is 1. The SMILES string of the molecule is O=C(Nc1ccc(CC(=O)N2CCC(CCN3CCOCC3)CC2)cc1)c1cc2ccccc2o1. The third-order valence-corrected chi connectivity index (χ3v) is 7.14. The maximum absolute atomic E-state index is 12.8. The maximum Gasteiger partial charge on any atom is 0.291 e. The summed E-state index contributed by atoms with van der Waals surface area (Å²) in [6.07, 6.45) is 3.77. The molecular weight excluding hydrogens is 442 g/mol. The van der Waals surface area contributed by atoms with Gasteiger partial charge in [0.05, 0.1) is 19.6 Å². The Balaban J connectivity index is 1.07. The number of hydrogen-bond donors (Lipinski definition) is 1. The number of benzene rings is 2. The third kappa shape index (κ3) is 6.10. The van der Waals surface area contributed by atoms with Gasteiger partial charge in [-0.25, -0.2) is 0 Å². The van der Waals surface area contributed by atoms with Gasteiger partial charge in [0.2, 0.25) is 5.91 Å². The van der Waals surface area contributed by atoms with Crippen molar-refractivity contribution in [1.82, 2.24) is 9.80 Å². The second-order valence-electron chi connectivity index (χ2n) is 9.54. The lowest BCUT2D eigenvalue weighted by atomic mass is 9.93. The summed E-state index contributed by atoms with van der Waals surface area (Å²) in [4.78, 5) is 29.9. The van der Waals surface area contributed by atoms with Crippen LogP contribution in [0.15, 0.2) is 59.0 Å². The maximum atomic E-state index is 12.8.